The normalized spacial score (nSPS) is 14.6. The molecule has 0 amide bonds. The van der Waals surface area contributed by atoms with Gasteiger partial charge in [0.05, 0.1) is 18.1 Å². The molecule has 0 aliphatic heterocycles. The minimum atomic E-state index is -0.242. The summed E-state index contributed by atoms with van der Waals surface area (Å²) < 4.78 is 5.34. The SMILES string of the molecule is COC(C)c1ccc(C(C)c2ccc(C(C#N)CCO)cc2)cc1. The number of aliphatic hydroxyl groups is 1. The lowest BCUT2D eigenvalue weighted by molar-refractivity contribution is 0.119. The van der Waals surface area contributed by atoms with E-state index in [-0.39, 0.29) is 24.5 Å². The fourth-order valence-electron chi connectivity index (χ4n) is 2.84. The number of nitriles is 1. The Kier molecular flexibility index (Phi) is 6.54. The first-order valence-electron chi connectivity index (χ1n) is 8.33. The van der Waals surface area contributed by atoms with Crippen LogP contribution in [0.3, 0.4) is 0 Å². The van der Waals surface area contributed by atoms with Gasteiger partial charge in [-0.25, -0.2) is 0 Å². The molecule has 0 fully saturated rings. The van der Waals surface area contributed by atoms with Crippen molar-refractivity contribution in [2.24, 2.45) is 0 Å². The van der Waals surface area contributed by atoms with Gasteiger partial charge in [0.25, 0.3) is 0 Å². The molecular formula is C21H25NO2. The number of nitrogens with zero attached hydrogens (tertiary/aromatic N) is 1. The summed E-state index contributed by atoms with van der Waals surface area (Å²) in [6.07, 6.45) is 0.577. The van der Waals surface area contributed by atoms with Gasteiger partial charge in [-0.05, 0) is 35.6 Å². The molecule has 3 heteroatoms. The second kappa shape index (κ2) is 8.63. The van der Waals surface area contributed by atoms with E-state index in [4.69, 9.17) is 9.84 Å². The Morgan fingerprint density at radius 2 is 1.38 bits per heavy atom. The van der Waals surface area contributed by atoms with Crippen LogP contribution in [0.25, 0.3) is 0 Å². The zero-order valence-corrected chi connectivity index (χ0v) is 14.6. The lowest BCUT2D eigenvalue weighted by Gasteiger charge is -2.16. The highest BCUT2D eigenvalue weighted by atomic mass is 16.5. The Balaban J connectivity index is 2.15. The highest BCUT2D eigenvalue weighted by molar-refractivity contribution is 5.36. The third-order valence-electron chi connectivity index (χ3n) is 4.67. The molecule has 0 aliphatic rings. The number of hydrogen-bond donors (Lipinski definition) is 1. The fraction of sp³-hybridized carbons (Fsp3) is 0.381. The second-order valence-corrected chi connectivity index (χ2v) is 6.13. The molecule has 3 nitrogen and oxygen atoms in total. The molecule has 24 heavy (non-hydrogen) atoms. The average molecular weight is 323 g/mol. The molecule has 0 aromatic heterocycles. The predicted molar refractivity (Wildman–Crippen MR) is 95.9 cm³/mol. The van der Waals surface area contributed by atoms with Gasteiger partial charge in [-0.15, -0.1) is 0 Å². The van der Waals surface area contributed by atoms with Crippen LogP contribution in [-0.4, -0.2) is 18.8 Å². The molecule has 2 aromatic rings. The Bertz CT molecular complexity index is 670. The lowest BCUT2D eigenvalue weighted by atomic mass is 9.89. The molecular weight excluding hydrogens is 298 g/mol. The summed E-state index contributed by atoms with van der Waals surface area (Å²) in [4.78, 5) is 0. The van der Waals surface area contributed by atoms with Crippen LogP contribution < -0.4 is 0 Å². The topological polar surface area (TPSA) is 53.2 Å². The van der Waals surface area contributed by atoms with Crippen LogP contribution in [0.2, 0.25) is 0 Å². The van der Waals surface area contributed by atoms with Gasteiger partial charge >= 0.3 is 0 Å². The first kappa shape index (κ1) is 18.2. The fourth-order valence-corrected chi connectivity index (χ4v) is 2.84. The number of ether oxygens (including phenoxy) is 1. The van der Waals surface area contributed by atoms with Crippen molar-refractivity contribution in [1.29, 1.82) is 5.26 Å². The molecule has 0 aliphatic carbocycles. The molecule has 0 saturated carbocycles. The van der Waals surface area contributed by atoms with Gasteiger partial charge in [0, 0.05) is 19.6 Å². The van der Waals surface area contributed by atoms with Crippen molar-refractivity contribution in [1.82, 2.24) is 0 Å². The van der Waals surface area contributed by atoms with Gasteiger partial charge in [0.2, 0.25) is 0 Å². The Hall–Kier alpha value is -2.15. The molecule has 1 N–H and O–H groups in total. The van der Waals surface area contributed by atoms with Crippen LogP contribution >= 0.6 is 0 Å². The number of aliphatic hydroxyl groups excluding tert-OH is 1. The molecule has 126 valence electrons. The summed E-state index contributed by atoms with van der Waals surface area (Å²) in [7, 11) is 1.72. The lowest BCUT2D eigenvalue weighted by Crippen LogP contribution is -2.01. The van der Waals surface area contributed by atoms with Gasteiger partial charge < -0.3 is 9.84 Å². The molecule has 0 bridgehead atoms. The largest absolute Gasteiger partial charge is 0.396 e. The molecule has 0 spiro atoms. The Morgan fingerprint density at radius 1 is 0.917 bits per heavy atom. The van der Waals surface area contributed by atoms with E-state index < -0.39 is 0 Å². The van der Waals surface area contributed by atoms with Gasteiger partial charge in [0.1, 0.15) is 0 Å². The summed E-state index contributed by atoms with van der Waals surface area (Å²) in [5.41, 5.74) is 4.60. The third kappa shape index (κ3) is 4.23. The van der Waals surface area contributed by atoms with Crippen molar-refractivity contribution in [3.63, 3.8) is 0 Å². The van der Waals surface area contributed by atoms with Gasteiger partial charge in [-0.3, -0.25) is 0 Å². The monoisotopic (exact) mass is 323 g/mol. The summed E-state index contributed by atoms with van der Waals surface area (Å²) in [5.74, 6) is 0.0403. The van der Waals surface area contributed by atoms with Crippen molar-refractivity contribution in [2.75, 3.05) is 13.7 Å². The van der Waals surface area contributed by atoms with Gasteiger partial charge in [0.15, 0.2) is 0 Å². The van der Waals surface area contributed by atoms with E-state index in [9.17, 15) is 5.26 Å². The molecule has 0 radical (unpaired) electrons. The van der Waals surface area contributed by atoms with Crippen LogP contribution in [0.1, 0.15) is 60.5 Å². The molecule has 0 saturated heterocycles. The van der Waals surface area contributed by atoms with E-state index in [1.165, 1.54) is 16.7 Å². The molecule has 0 heterocycles. The first-order valence-corrected chi connectivity index (χ1v) is 8.33. The number of hydrogen-bond acceptors (Lipinski definition) is 3. The van der Waals surface area contributed by atoms with Crippen LogP contribution in [0.15, 0.2) is 48.5 Å². The highest BCUT2D eigenvalue weighted by Crippen LogP contribution is 2.28. The smallest absolute Gasteiger partial charge is 0.0793 e. The average Bonchev–Trinajstić information content (AvgIpc) is 2.65. The van der Waals surface area contributed by atoms with Crippen LogP contribution in [0, 0.1) is 11.3 Å². The van der Waals surface area contributed by atoms with E-state index in [2.05, 4.69) is 49.4 Å². The van der Waals surface area contributed by atoms with Crippen molar-refractivity contribution in [3.05, 3.63) is 70.8 Å². The van der Waals surface area contributed by atoms with E-state index in [1.807, 2.05) is 19.1 Å². The first-order chi connectivity index (χ1) is 11.6. The molecule has 3 atom stereocenters. The maximum atomic E-state index is 9.19. The molecule has 2 aromatic carbocycles. The van der Waals surface area contributed by atoms with Crippen molar-refractivity contribution in [3.8, 4) is 6.07 Å². The van der Waals surface area contributed by atoms with E-state index in [0.717, 1.165) is 5.56 Å². The quantitative estimate of drug-likeness (QED) is 0.814. The summed E-state index contributed by atoms with van der Waals surface area (Å²) >= 11 is 0. The van der Waals surface area contributed by atoms with E-state index >= 15 is 0 Å². The number of benzene rings is 2. The minimum absolute atomic E-state index is 0.0304. The van der Waals surface area contributed by atoms with Gasteiger partial charge in [-0.1, -0.05) is 55.5 Å². The maximum absolute atomic E-state index is 9.19. The maximum Gasteiger partial charge on any atom is 0.0793 e. The number of rotatable bonds is 7. The van der Waals surface area contributed by atoms with Crippen molar-refractivity contribution < 1.29 is 9.84 Å². The summed E-state index contributed by atoms with van der Waals surface area (Å²) in [6.45, 7) is 4.25. The van der Waals surface area contributed by atoms with E-state index in [1.54, 1.807) is 7.11 Å². The van der Waals surface area contributed by atoms with Gasteiger partial charge in [-0.2, -0.15) is 5.26 Å². The van der Waals surface area contributed by atoms with E-state index in [0.29, 0.717) is 6.42 Å². The number of methoxy groups -OCH3 is 1. The van der Waals surface area contributed by atoms with Crippen LogP contribution in [-0.2, 0) is 4.74 Å². The minimum Gasteiger partial charge on any atom is -0.396 e. The van der Waals surface area contributed by atoms with Crippen LogP contribution in [0.4, 0.5) is 0 Å². The standard InChI is InChI=1S/C21H25NO2/c1-15(17-4-8-19(9-5-17)16(2)24-3)18-6-10-20(11-7-18)21(14-22)12-13-23/h4-11,15-16,21,23H,12-13H2,1-3H3. The van der Waals surface area contributed by atoms with Crippen molar-refractivity contribution >= 4 is 0 Å². The zero-order valence-electron chi connectivity index (χ0n) is 14.6. The Morgan fingerprint density at radius 3 is 1.79 bits per heavy atom. The Labute approximate surface area is 144 Å². The van der Waals surface area contributed by atoms with Crippen LogP contribution in [0.5, 0.6) is 0 Å². The molecule has 3 unspecified atom stereocenters. The van der Waals surface area contributed by atoms with Crippen molar-refractivity contribution in [2.45, 2.75) is 38.2 Å². The summed E-state index contributed by atoms with van der Waals surface area (Å²) in [6, 6.07) is 18.9. The zero-order chi connectivity index (χ0) is 17.5. The third-order valence-corrected chi connectivity index (χ3v) is 4.67. The molecule has 2 rings (SSSR count). The highest BCUT2D eigenvalue weighted by Gasteiger charge is 2.13. The predicted octanol–water partition coefficient (Wildman–Crippen LogP) is 4.54. The summed E-state index contributed by atoms with van der Waals surface area (Å²) in [5, 5.41) is 18.2. The second-order valence-electron chi connectivity index (χ2n) is 6.13.